The summed E-state index contributed by atoms with van der Waals surface area (Å²) < 4.78 is 30.6. The number of anilines is 1. The molecule has 0 aliphatic carbocycles. The predicted octanol–water partition coefficient (Wildman–Crippen LogP) is 1.86. The van der Waals surface area contributed by atoms with Gasteiger partial charge in [0.2, 0.25) is 10.0 Å². The number of pyridine rings is 2. The second-order valence-corrected chi connectivity index (χ2v) is 6.30. The van der Waals surface area contributed by atoms with Gasteiger partial charge >= 0.3 is 0 Å². The highest BCUT2D eigenvalue weighted by atomic mass is 32.2. The van der Waals surface area contributed by atoms with E-state index in [1.807, 2.05) is 12.1 Å². The van der Waals surface area contributed by atoms with Gasteiger partial charge < -0.3 is 4.74 Å². The number of nitrogens with zero attached hydrogens (tertiary/aromatic N) is 2. The van der Waals surface area contributed by atoms with Crippen molar-refractivity contribution in [3.05, 3.63) is 48.5 Å². The van der Waals surface area contributed by atoms with E-state index >= 15 is 0 Å². The molecule has 6 nitrogen and oxygen atoms in total. The van der Waals surface area contributed by atoms with E-state index in [1.54, 1.807) is 24.7 Å². The zero-order chi connectivity index (χ0) is 15.1. The Hall–Kier alpha value is -2.15. The second-order valence-electron chi connectivity index (χ2n) is 4.55. The third-order valence-corrected chi connectivity index (χ3v) is 3.29. The Morgan fingerprint density at radius 1 is 1.19 bits per heavy atom. The van der Waals surface area contributed by atoms with E-state index in [0.717, 1.165) is 24.0 Å². The van der Waals surface area contributed by atoms with Gasteiger partial charge in [0.25, 0.3) is 0 Å². The smallest absolute Gasteiger partial charge is 0.229 e. The second kappa shape index (κ2) is 7.03. The highest BCUT2D eigenvalue weighted by Crippen LogP contribution is 2.17. The Morgan fingerprint density at radius 2 is 2.00 bits per heavy atom. The van der Waals surface area contributed by atoms with E-state index in [2.05, 4.69) is 14.7 Å². The van der Waals surface area contributed by atoms with Crippen molar-refractivity contribution in [2.75, 3.05) is 17.6 Å². The molecule has 2 heterocycles. The number of hydrogen-bond acceptors (Lipinski definition) is 5. The molecule has 1 N–H and O–H groups in total. The molecule has 0 atom stereocenters. The van der Waals surface area contributed by atoms with Gasteiger partial charge in [-0.05, 0) is 36.6 Å². The van der Waals surface area contributed by atoms with Gasteiger partial charge in [-0.3, -0.25) is 14.7 Å². The fourth-order valence-electron chi connectivity index (χ4n) is 1.82. The summed E-state index contributed by atoms with van der Waals surface area (Å²) in [5.41, 5.74) is 1.41. The topological polar surface area (TPSA) is 81.2 Å². The number of nitrogens with one attached hydrogen (secondary N) is 1. The van der Waals surface area contributed by atoms with Crippen molar-refractivity contribution in [1.82, 2.24) is 9.97 Å². The Balaban J connectivity index is 1.88. The maximum absolute atomic E-state index is 11.3. The van der Waals surface area contributed by atoms with Gasteiger partial charge in [-0.25, -0.2) is 8.42 Å². The quantitative estimate of drug-likeness (QED) is 0.790. The highest BCUT2D eigenvalue weighted by molar-refractivity contribution is 7.92. The SMILES string of the molecule is CS(=O)(=O)Nc1cnccc1CCCOc1cccnc1. The van der Waals surface area contributed by atoms with Crippen molar-refractivity contribution >= 4 is 15.7 Å². The lowest BCUT2D eigenvalue weighted by Crippen LogP contribution is -2.12. The van der Waals surface area contributed by atoms with Crippen LogP contribution in [0.5, 0.6) is 5.75 Å². The zero-order valence-corrected chi connectivity index (χ0v) is 12.5. The van der Waals surface area contributed by atoms with Crippen LogP contribution >= 0.6 is 0 Å². The van der Waals surface area contributed by atoms with Crippen molar-refractivity contribution in [3.63, 3.8) is 0 Å². The molecule has 0 fully saturated rings. The number of sulfonamides is 1. The van der Waals surface area contributed by atoms with Gasteiger partial charge in [0.05, 0.1) is 30.9 Å². The number of aryl methyl sites for hydroxylation is 1. The summed E-state index contributed by atoms with van der Waals surface area (Å²) in [6.07, 6.45) is 9.08. The summed E-state index contributed by atoms with van der Waals surface area (Å²) in [6, 6.07) is 5.46. The minimum Gasteiger partial charge on any atom is -0.492 e. The standard InChI is InChI=1S/C14H17N3O3S/c1-21(18,19)17-14-11-16-8-6-12(14)4-3-9-20-13-5-2-7-15-10-13/h2,5-8,10-11,17H,3-4,9H2,1H3. The first-order valence-electron chi connectivity index (χ1n) is 6.48. The molecule has 112 valence electrons. The van der Waals surface area contributed by atoms with Crippen LogP contribution in [0.2, 0.25) is 0 Å². The van der Waals surface area contributed by atoms with E-state index in [4.69, 9.17) is 4.74 Å². The van der Waals surface area contributed by atoms with Crippen LogP contribution < -0.4 is 9.46 Å². The third kappa shape index (κ3) is 5.39. The Morgan fingerprint density at radius 3 is 2.71 bits per heavy atom. The van der Waals surface area contributed by atoms with Crippen molar-refractivity contribution in [3.8, 4) is 5.75 Å². The maximum atomic E-state index is 11.3. The zero-order valence-electron chi connectivity index (χ0n) is 11.7. The lowest BCUT2D eigenvalue weighted by Gasteiger charge is -2.10. The van der Waals surface area contributed by atoms with Crippen LogP contribution in [0.25, 0.3) is 0 Å². The van der Waals surface area contributed by atoms with E-state index < -0.39 is 10.0 Å². The molecule has 21 heavy (non-hydrogen) atoms. The number of ether oxygens (including phenoxy) is 1. The predicted molar refractivity (Wildman–Crippen MR) is 80.8 cm³/mol. The van der Waals surface area contributed by atoms with Gasteiger partial charge in [-0.2, -0.15) is 0 Å². The fraction of sp³-hybridized carbons (Fsp3) is 0.286. The first kappa shape index (κ1) is 15.2. The minimum atomic E-state index is -3.30. The molecule has 0 bridgehead atoms. The minimum absolute atomic E-state index is 0.515. The molecule has 0 aliphatic heterocycles. The van der Waals surface area contributed by atoms with Crippen LogP contribution in [0.3, 0.4) is 0 Å². The van der Waals surface area contributed by atoms with E-state index in [9.17, 15) is 8.42 Å². The van der Waals surface area contributed by atoms with Crippen LogP contribution in [0, 0.1) is 0 Å². The molecule has 0 unspecified atom stereocenters. The van der Waals surface area contributed by atoms with Gasteiger partial charge in [-0.1, -0.05) is 0 Å². The summed E-state index contributed by atoms with van der Waals surface area (Å²) >= 11 is 0. The molecule has 0 spiro atoms. The van der Waals surface area contributed by atoms with Crippen molar-refractivity contribution < 1.29 is 13.2 Å². The first-order valence-corrected chi connectivity index (χ1v) is 8.37. The Bertz CT molecular complexity index is 675. The molecule has 0 aromatic carbocycles. The molecule has 0 saturated heterocycles. The molecular weight excluding hydrogens is 290 g/mol. The lowest BCUT2D eigenvalue weighted by atomic mass is 10.1. The fourth-order valence-corrected chi connectivity index (χ4v) is 2.40. The monoisotopic (exact) mass is 307 g/mol. The summed E-state index contributed by atoms with van der Waals surface area (Å²) in [7, 11) is -3.30. The number of hydrogen-bond donors (Lipinski definition) is 1. The average Bonchev–Trinajstić information content (AvgIpc) is 2.45. The highest BCUT2D eigenvalue weighted by Gasteiger charge is 2.07. The van der Waals surface area contributed by atoms with Crippen LogP contribution in [0.4, 0.5) is 5.69 Å². The maximum Gasteiger partial charge on any atom is 0.229 e. The molecule has 0 radical (unpaired) electrons. The third-order valence-electron chi connectivity index (χ3n) is 2.70. The Labute approximate surface area is 124 Å². The molecule has 7 heteroatoms. The molecule has 2 aromatic rings. The summed E-state index contributed by atoms with van der Waals surface area (Å²) in [4.78, 5) is 7.90. The van der Waals surface area contributed by atoms with Crippen LogP contribution in [0.15, 0.2) is 43.0 Å². The summed E-state index contributed by atoms with van der Waals surface area (Å²) in [5.74, 6) is 0.724. The van der Waals surface area contributed by atoms with Crippen LogP contribution in [-0.2, 0) is 16.4 Å². The van der Waals surface area contributed by atoms with Crippen LogP contribution in [0.1, 0.15) is 12.0 Å². The molecule has 0 amide bonds. The van der Waals surface area contributed by atoms with E-state index in [1.165, 1.54) is 6.20 Å². The summed E-state index contributed by atoms with van der Waals surface area (Å²) in [6.45, 7) is 0.534. The molecular formula is C14H17N3O3S. The average molecular weight is 307 g/mol. The van der Waals surface area contributed by atoms with Gasteiger partial charge in [0.15, 0.2) is 0 Å². The normalized spacial score (nSPS) is 11.1. The molecule has 2 aromatic heterocycles. The van der Waals surface area contributed by atoms with E-state index in [0.29, 0.717) is 18.7 Å². The van der Waals surface area contributed by atoms with Crippen molar-refractivity contribution in [1.29, 1.82) is 0 Å². The van der Waals surface area contributed by atoms with Gasteiger partial charge in [0, 0.05) is 12.4 Å². The molecule has 0 saturated carbocycles. The van der Waals surface area contributed by atoms with Crippen molar-refractivity contribution in [2.45, 2.75) is 12.8 Å². The van der Waals surface area contributed by atoms with Gasteiger partial charge in [-0.15, -0.1) is 0 Å². The first-order chi connectivity index (χ1) is 10.0. The molecule has 2 rings (SSSR count). The summed E-state index contributed by atoms with van der Waals surface area (Å²) in [5, 5.41) is 0. The molecule has 0 aliphatic rings. The Kier molecular flexibility index (Phi) is 5.10. The number of rotatable bonds is 7. The number of aromatic nitrogens is 2. The van der Waals surface area contributed by atoms with E-state index in [-0.39, 0.29) is 0 Å². The largest absolute Gasteiger partial charge is 0.492 e. The van der Waals surface area contributed by atoms with Crippen LogP contribution in [-0.4, -0.2) is 31.2 Å². The van der Waals surface area contributed by atoms with Crippen molar-refractivity contribution in [2.24, 2.45) is 0 Å². The lowest BCUT2D eigenvalue weighted by molar-refractivity contribution is 0.310. The van der Waals surface area contributed by atoms with Gasteiger partial charge in [0.1, 0.15) is 5.75 Å².